The number of pyridine rings is 1. The second-order valence-corrected chi connectivity index (χ2v) is 17.3. The van der Waals surface area contributed by atoms with Crippen LogP contribution in [0.1, 0.15) is 102 Å². The van der Waals surface area contributed by atoms with Crippen LogP contribution < -0.4 is 25.0 Å². The van der Waals surface area contributed by atoms with Crippen LogP contribution in [-0.2, 0) is 14.9 Å². The van der Waals surface area contributed by atoms with Gasteiger partial charge in [0.2, 0.25) is 5.95 Å². The Labute approximate surface area is 351 Å². The summed E-state index contributed by atoms with van der Waals surface area (Å²) in [5.41, 5.74) is 4.38. The van der Waals surface area contributed by atoms with Crippen molar-refractivity contribution in [3.8, 4) is 17.2 Å². The maximum absolute atomic E-state index is 13.9. The van der Waals surface area contributed by atoms with E-state index in [0.717, 1.165) is 97.6 Å². The fourth-order valence-corrected chi connectivity index (χ4v) is 9.10. The molecule has 5 aromatic rings. The van der Waals surface area contributed by atoms with E-state index in [-0.39, 0.29) is 30.1 Å². The van der Waals surface area contributed by atoms with Gasteiger partial charge in [-0.25, -0.2) is 9.48 Å². The summed E-state index contributed by atoms with van der Waals surface area (Å²) in [6, 6.07) is 23.0. The molecule has 0 radical (unpaired) electrons. The van der Waals surface area contributed by atoms with Crippen LogP contribution in [-0.4, -0.2) is 97.9 Å². The lowest BCUT2D eigenvalue weighted by Crippen LogP contribution is -2.47. The van der Waals surface area contributed by atoms with E-state index < -0.39 is 0 Å². The third-order valence-corrected chi connectivity index (χ3v) is 12.2. The van der Waals surface area contributed by atoms with Gasteiger partial charge in [-0.3, -0.25) is 19.4 Å². The number of hydrogen-bond acceptors (Lipinski definition) is 10. The van der Waals surface area contributed by atoms with Crippen LogP contribution in [0.4, 0.5) is 16.6 Å². The van der Waals surface area contributed by atoms with Gasteiger partial charge in [0.15, 0.2) is 5.65 Å². The Morgan fingerprint density at radius 1 is 0.933 bits per heavy atom. The number of urea groups is 1. The van der Waals surface area contributed by atoms with Gasteiger partial charge in [0, 0.05) is 48.8 Å². The van der Waals surface area contributed by atoms with E-state index in [1.807, 2.05) is 60.8 Å². The molecule has 3 saturated heterocycles. The lowest BCUT2D eigenvalue weighted by atomic mass is 9.85. The molecule has 3 aliphatic heterocycles. The Balaban J connectivity index is 0.00000162. The van der Waals surface area contributed by atoms with Crippen LogP contribution in [0.2, 0.25) is 0 Å². The number of carboxylic acid groups (broad SMARTS) is 1. The Morgan fingerprint density at radius 3 is 2.48 bits per heavy atom. The Bertz CT molecular complexity index is 2250. The molecule has 60 heavy (non-hydrogen) atoms. The van der Waals surface area contributed by atoms with Crippen molar-refractivity contribution in [2.24, 2.45) is 0 Å². The Morgan fingerprint density at radius 2 is 1.72 bits per heavy atom. The number of morpholine rings is 1. The van der Waals surface area contributed by atoms with Gasteiger partial charge in [0.25, 0.3) is 6.47 Å². The summed E-state index contributed by atoms with van der Waals surface area (Å²) in [4.78, 5) is 27.1. The monoisotopic (exact) mass is 819 g/mol. The number of fused-ring (bicyclic) bond motifs is 4. The number of benzene rings is 2. The first-order valence-electron chi connectivity index (χ1n) is 21.3. The highest BCUT2D eigenvalue weighted by Crippen LogP contribution is 2.39. The normalized spacial score (nSPS) is 22.7. The highest BCUT2D eigenvalue weighted by Gasteiger charge is 2.37. The minimum atomic E-state index is -0.291. The number of nitrogens with one attached hydrogen (secondary N) is 2. The van der Waals surface area contributed by atoms with E-state index in [1.165, 1.54) is 19.3 Å². The summed E-state index contributed by atoms with van der Waals surface area (Å²) < 4.78 is 22.6. The van der Waals surface area contributed by atoms with Gasteiger partial charge in [0.1, 0.15) is 30.0 Å². The number of amides is 2. The van der Waals surface area contributed by atoms with Gasteiger partial charge >= 0.3 is 6.03 Å². The molecular weight excluding hydrogens is 763 g/mol. The molecule has 2 bridgehead atoms. The van der Waals surface area contributed by atoms with Gasteiger partial charge < -0.3 is 29.5 Å². The lowest BCUT2D eigenvalue weighted by Gasteiger charge is -2.34. The lowest BCUT2D eigenvalue weighted by molar-refractivity contribution is -0.122. The molecule has 0 spiro atoms. The molecule has 15 nitrogen and oxygen atoms in total. The summed E-state index contributed by atoms with van der Waals surface area (Å²) in [6.07, 6.45) is 9.25. The number of nitrogens with zero attached hydrogens (tertiary/aromatic N) is 7. The topological polar surface area (TPSA) is 161 Å². The number of aromatic nitrogens is 5. The second-order valence-electron chi connectivity index (χ2n) is 17.3. The minimum Gasteiger partial charge on any atom is -0.492 e. The number of rotatable bonds is 10. The average molecular weight is 820 g/mol. The number of carbonyl (C=O) groups excluding carboxylic acids is 1. The molecule has 4 aliphatic rings. The zero-order valence-corrected chi connectivity index (χ0v) is 35.0. The van der Waals surface area contributed by atoms with Crippen LogP contribution in [0.5, 0.6) is 11.5 Å². The molecule has 15 heteroatoms. The maximum atomic E-state index is 13.9. The van der Waals surface area contributed by atoms with Crippen molar-refractivity contribution in [1.82, 2.24) is 34.6 Å². The molecule has 2 aromatic carbocycles. The van der Waals surface area contributed by atoms with Crippen molar-refractivity contribution < 1.29 is 28.9 Å². The molecule has 0 saturated carbocycles. The van der Waals surface area contributed by atoms with Crippen molar-refractivity contribution in [3.05, 3.63) is 89.7 Å². The van der Waals surface area contributed by atoms with Crippen molar-refractivity contribution in [2.45, 2.75) is 108 Å². The van der Waals surface area contributed by atoms with Crippen LogP contribution in [0.3, 0.4) is 0 Å². The first kappa shape index (κ1) is 41.1. The highest BCUT2D eigenvalue weighted by atomic mass is 16.5. The second kappa shape index (κ2) is 17.9. The van der Waals surface area contributed by atoms with Crippen molar-refractivity contribution in [1.29, 1.82) is 0 Å². The summed E-state index contributed by atoms with van der Waals surface area (Å²) in [7, 11) is 0. The van der Waals surface area contributed by atoms with Crippen LogP contribution >= 0.6 is 0 Å². The summed E-state index contributed by atoms with van der Waals surface area (Å²) in [6.45, 7) is 12.5. The fourth-order valence-electron chi connectivity index (χ4n) is 9.10. The zero-order valence-electron chi connectivity index (χ0n) is 35.0. The minimum absolute atomic E-state index is 0.164. The van der Waals surface area contributed by atoms with Gasteiger partial charge in [0.05, 0.1) is 36.8 Å². The molecule has 3 N–H and O–H groups in total. The predicted molar refractivity (Wildman–Crippen MR) is 228 cm³/mol. The standard InChI is InChI=1S/C44H55N9O4.CH2O2/c1-29-10-7-8-21-50(29)43-48-47-40-20-17-34(26-52(40)43)57-38-19-18-37(35-13-5-6-14-36(35)38)45-42(54)46-41-25-39(44(2,3)4)49-53(41)30-11-9-12-33(24-30)56-23-22-51-31-15-16-32(51)28-55-27-31;2-1-3/h5-6,9,11-14,17,20,24-26,29,31-32,37-38H,7-8,10,15-16,18-19,21-23,27-28H2,1-4H3,(H2,45,46,54);1H,(H,2,3)/t29?,31?,32?,37-,38+;/m0./s1. The quantitative estimate of drug-likeness (QED) is 0.121. The van der Waals surface area contributed by atoms with Gasteiger partial charge in [-0.2, -0.15) is 5.10 Å². The van der Waals surface area contributed by atoms with Gasteiger partial charge in [-0.1, -0.05) is 51.1 Å². The molecule has 318 valence electrons. The van der Waals surface area contributed by atoms with Crippen molar-refractivity contribution in [2.75, 3.05) is 43.1 Å². The number of ether oxygens (including phenoxy) is 3. The molecule has 6 heterocycles. The fraction of sp³-hybridized carbons (Fsp3) is 0.489. The van der Waals surface area contributed by atoms with E-state index in [4.69, 9.17) is 29.2 Å². The van der Waals surface area contributed by atoms with E-state index in [1.54, 1.807) is 4.68 Å². The molecular formula is C45H57N9O6. The largest absolute Gasteiger partial charge is 0.492 e. The van der Waals surface area contributed by atoms with E-state index >= 15 is 0 Å². The molecule has 1 aliphatic carbocycles. The third kappa shape index (κ3) is 8.92. The SMILES string of the molecule is CC1CCCCN1c1nnc2ccc(O[C@@H]3CC[C@H](NC(=O)Nc4cc(C(C)(C)C)nn4-c4cccc(OCCN5C6CCC5COC6)c4)c4ccccc43)cn12.O=CO. The molecule has 2 amide bonds. The molecule has 9 rings (SSSR count). The average Bonchev–Trinajstić information content (AvgIpc) is 3.92. The van der Waals surface area contributed by atoms with Gasteiger partial charge in [-0.15, -0.1) is 10.2 Å². The molecule has 3 fully saturated rings. The van der Waals surface area contributed by atoms with E-state index in [0.29, 0.717) is 30.6 Å². The number of hydrogen-bond donors (Lipinski definition) is 3. The maximum Gasteiger partial charge on any atom is 0.320 e. The van der Waals surface area contributed by atoms with Crippen molar-refractivity contribution >= 4 is 29.9 Å². The Kier molecular flexibility index (Phi) is 12.3. The number of piperidine rings is 1. The van der Waals surface area contributed by atoms with Crippen LogP contribution in [0, 0.1) is 0 Å². The zero-order chi connectivity index (χ0) is 41.8. The summed E-state index contributed by atoms with van der Waals surface area (Å²) >= 11 is 0. The number of anilines is 2. The van der Waals surface area contributed by atoms with Crippen LogP contribution in [0.25, 0.3) is 11.3 Å². The van der Waals surface area contributed by atoms with E-state index in [9.17, 15) is 4.79 Å². The summed E-state index contributed by atoms with van der Waals surface area (Å²) in [5, 5.41) is 27.3. The molecule has 3 unspecified atom stereocenters. The van der Waals surface area contributed by atoms with Crippen molar-refractivity contribution in [3.63, 3.8) is 0 Å². The molecule has 3 aromatic heterocycles. The van der Waals surface area contributed by atoms with Gasteiger partial charge in [-0.05, 0) is 87.3 Å². The first-order valence-corrected chi connectivity index (χ1v) is 21.3. The predicted octanol–water partition coefficient (Wildman–Crippen LogP) is 7.31. The number of carbonyl (C=O) groups is 2. The highest BCUT2D eigenvalue weighted by molar-refractivity contribution is 5.89. The van der Waals surface area contributed by atoms with E-state index in [2.05, 4.69) is 74.9 Å². The summed E-state index contributed by atoms with van der Waals surface area (Å²) in [5.74, 6) is 2.99. The Hall–Kier alpha value is -5.67. The molecule has 5 atom stereocenters. The first-order chi connectivity index (χ1) is 29.1. The van der Waals surface area contributed by atoms with Crippen LogP contribution in [0.15, 0.2) is 72.9 Å². The third-order valence-electron chi connectivity index (χ3n) is 12.2. The smallest absolute Gasteiger partial charge is 0.320 e.